The van der Waals surface area contributed by atoms with Crippen molar-refractivity contribution in [1.82, 2.24) is 0 Å². The van der Waals surface area contributed by atoms with Crippen molar-refractivity contribution in [2.75, 3.05) is 5.33 Å². The first kappa shape index (κ1) is 15.0. The molecule has 0 nitrogen and oxygen atoms in total. The van der Waals surface area contributed by atoms with Crippen molar-refractivity contribution in [3.05, 3.63) is 23.3 Å². The highest BCUT2D eigenvalue weighted by molar-refractivity contribution is 9.09. The van der Waals surface area contributed by atoms with Crippen molar-refractivity contribution in [1.29, 1.82) is 0 Å². The minimum Gasteiger partial charge on any atom is -0.101 e. The van der Waals surface area contributed by atoms with E-state index >= 15 is 0 Å². The van der Waals surface area contributed by atoms with Gasteiger partial charge in [0, 0.05) is 10.2 Å². The van der Waals surface area contributed by atoms with Crippen molar-refractivity contribution in [2.45, 2.75) is 29.9 Å². The van der Waals surface area contributed by atoms with Gasteiger partial charge in [0.25, 0.3) is 0 Å². The molecule has 0 heterocycles. The number of rotatable bonds is 5. The summed E-state index contributed by atoms with van der Waals surface area (Å²) in [6, 6.07) is 0. The molecule has 0 aromatic rings. The SMILES string of the molecule is CC(=CCC(Br)C(C)=CC(Cl)Cl)CBr. The van der Waals surface area contributed by atoms with Gasteiger partial charge in [-0.3, -0.25) is 0 Å². The van der Waals surface area contributed by atoms with Gasteiger partial charge < -0.3 is 0 Å². The lowest BCUT2D eigenvalue weighted by molar-refractivity contribution is 0.999. The van der Waals surface area contributed by atoms with Crippen molar-refractivity contribution in [2.24, 2.45) is 0 Å². The van der Waals surface area contributed by atoms with E-state index in [9.17, 15) is 0 Å². The van der Waals surface area contributed by atoms with Crippen molar-refractivity contribution < 1.29 is 0 Å². The molecule has 4 heteroatoms. The quantitative estimate of drug-likeness (QED) is 0.462. The van der Waals surface area contributed by atoms with Crippen molar-refractivity contribution in [3.8, 4) is 0 Å². The molecule has 0 spiro atoms. The first-order valence-electron chi connectivity index (χ1n) is 4.29. The molecule has 1 atom stereocenters. The molecule has 0 bridgehead atoms. The highest BCUT2D eigenvalue weighted by atomic mass is 79.9. The van der Waals surface area contributed by atoms with E-state index < -0.39 is 4.84 Å². The Morgan fingerprint density at radius 2 is 1.93 bits per heavy atom. The molecule has 0 rings (SSSR count). The van der Waals surface area contributed by atoms with Gasteiger partial charge in [-0.1, -0.05) is 55.2 Å². The molecule has 1 unspecified atom stereocenters. The largest absolute Gasteiger partial charge is 0.126 e. The second kappa shape index (κ2) is 8.20. The van der Waals surface area contributed by atoms with E-state index in [-0.39, 0.29) is 0 Å². The van der Waals surface area contributed by atoms with Gasteiger partial charge >= 0.3 is 0 Å². The fraction of sp³-hybridized carbons (Fsp3) is 0.600. The van der Waals surface area contributed by atoms with Crippen LogP contribution in [-0.2, 0) is 0 Å². The molecule has 0 N–H and O–H groups in total. The molecule has 0 aromatic heterocycles. The lowest BCUT2D eigenvalue weighted by Crippen LogP contribution is -2.00. The van der Waals surface area contributed by atoms with Gasteiger partial charge in [-0.05, 0) is 20.3 Å². The summed E-state index contributed by atoms with van der Waals surface area (Å²) >= 11 is 18.3. The van der Waals surface area contributed by atoms with E-state index in [1.165, 1.54) is 11.1 Å². The number of hydrogen-bond acceptors (Lipinski definition) is 0. The smallest absolute Gasteiger partial charge is 0.101 e. The third-order valence-corrected chi connectivity index (χ3v) is 4.00. The molecule has 0 fully saturated rings. The second-order valence-corrected chi connectivity index (χ2v) is 5.96. The molecule has 82 valence electrons. The first-order valence-corrected chi connectivity index (χ1v) is 7.20. The maximum absolute atomic E-state index is 5.65. The average Bonchev–Trinajstić information content (AvgIpc) is 2.12. The predicted molar refractivity (Wildman–Crippen MR) is 74.1 cm³/mol. The third kappa shape index (κ3) is 7.33. The Hall–Kier alpha value is 1.02. The summed E-state index contributed by atoms with van der Waals surface area (Å²) in [5, 5.41) is 0.920. The lowest BCUT2D eigenvalue weighted by atomic mass is 10.1. The molecular formula is C10H14Br2Cl2. The zero-order valence-corrected chi connectivity index (χ0v) is 12.9. The summed E-state index contributed by atoms with van der Waals surface area (Å²) in [6.07, 6.45) is 5.00. The summed E-state index contributed by atoms with van der Waals surface area (Å²) in [4.78, 5) is -0.104. The molecule has 14 heavy (non-hydrogen) atoms. The van der Waals surface area contributed by atoms with E-state index in [4.69, 9.17) is 23.2 Å². The van der Waals surface area contributed by atoms with Crippen LogP contribution in [0.25, 0.3) is 0 Å². The molecule has 0 aromatic carbocycles. The molecule has 0 aliphatic carbocycles. The first-order chi connectivity index (χ1) is 6.47. The lowest BCUT2D eigenvalue weighted by Gasteiger charge is -2.08. The Labute approximate surface area is 113 Å². The van der Waals surface area contributed by atoms with Gasteiger partial charge in [-0.15, -0.1) is 23.2 Å². The predicted octanol–water partition coefficient (Wildman–Crippen LogP) is 5.23. The van der Waals surface area contributed by atoms with E-state index in [0.29, 0.717) is 4.83 Å². The van der Waals surface area contributed by atoms with Crippen LogP contribution in [0.1, 0.15) is 20.3 Å². The maximum Gasteiger partial charge on any atom is 0.126 e. The molecule has 0 saturated heterocycles. The summed E-state index contributed by atoms with van der Waals surface area (Å²) in [5.74, 6) is 0. The van der Waals surface area contributed by atoms with Gasteiger partial charge in [0.2, 0.25) is 0 Å². The summed E-state index contributed by atoms with van der Waals surface area (Å²) < 4.78 is 0. The molecular weight excluding hydrogens is 351 g/mol. The minimum atomic E-state index is -0.420. The highest BCUT2D eigenvalue weighted by Gasteiger charge is 2.06. The topological polar surface area (TPSA) is 0 Å². The van der Waals surface area contributed by atoms with Crippen LogP contribution >= 0.6 is 55.1 Å². The number of halogens is 4. The molecule has 0 amide bonds. The maximum atomic E-state index is 5.65. The van der Waals surface area contributed by atoms with Gasteiger partial charge in [0.05, 0.1) is 0 Å². The second-order valence-electron chi connectivity index (χ2n) is 3.13. The van der Waals surface area contributed by atoms with Crippen LogP contribution in [0.2, 0.25) is 0 Å². The van der Waals surface area contributed by atoms with Crippen LogP contribution in [-0.4, -0.2) is 15.0 Å². The fourth-order valence-corrected chi connectivity index (χ4v) is 1.81. The van der Waals surface area contributed by atoms with Gasteiger partial charge in [0.15, 0.2) is 0 Å². The van der Waals surface area contributed by atoms with Crippen LogP contribution in [0.4, 0.5) is 0 Å². The van der Waals surface area contributed by atoms with Crippen LogP contribution in [0.3, 0.4) is 0 Å². The molecule has 0 radical (unpaired) electrons. The zero-order valence-electron chi connectivity index (χ0n) is 8.24. The van der Waals surface area contributed by atoms with E-state index in [0.717, 1.165) is 11.8 Å². The average molecular weight is 365 g/mol. The zero-order chi connectivity index (χ0) is 11.1. The van der Waals surface area contributed by atoms with Crippen LogP contribution in [0, 0.1) is 0 Å². The number of allylic oxidation sites excluding steroid dienone is 4. The van der Waals surface area contributed by atoms with Crippen LogP contribution in [0.5, 0.6) is 0 Å². The van der Waals surface area contributed by atoms with Crippen LogP contribution < -0.4 is 0 Å². The Morgan fingerprint density at radius 3 is 2.36 bits per heavy atom. The normalized spacial score (nSPS) is 16.2. The Bertz CT molecular complexity index is 222. The molecule has 0 saturated carbocycles. The van der Waals surface area contributed by atoms with Gasteiger partial charge in [-0.2, -0.15) is 0 Å². The Morgan fingerprint density at radius 1 is 1.36 bits per heavy atom. The van der Waals surface area contributed by atoms with Crippen molar-refractivity contribution in [3.63, 3.8) is 0 Å². The highest BCUT2D eigenvalue weighted by Crippen LogP contribution is 2.20. The minimum absolute atomic E-state index is 0.316. The summed E-state index contributed by atoms with van der Waals surface area (Å²) in [6.45, 7) is 4.12. The van der Waals surface area contributed by atoms with Crippen LogP contribution in [0.15, 0.2) is 23.3 Å². The monoisotopic (exact) mass is 362 g/mol. The Kier molecular flexibility index (Phi) is 8.80. The Balaban J connectivity index is 4.15. The fourth-order valence-electron chi connectivity index (χ4n) is 0.848. The third-order valence-electron chi connectivity index (χ3n) is 1.77. The van der Waals surface area contributed by atoms with Gasteiger partial charge in [0.1, 0.15) is 4.84 Å². The number of hydrogen-bond donors (Lipinski definition) is 0. The van der Waals surface area contributed by atoms with E-state index in [1.54, 1.807) is 0 Å². The van der Waals surface area contributed by atoms with E-state index in [1.807, 2.05) is 13.0 Å². The van der Waals surface area contributed by atoms with Crippen molar-refractivity contribution >= 4 is 55.1 Å². The van der Waals surface area contributed by atoms with E-state index in [2.05, 4.69) is 44.9 Å². The molecule has 0 aliphatic heterocycles. The molecule has 0 aliphatic rings. The summed E-state index contributed by atoms with van der Waals surface area (Å²) in [7, 11) is 0. The van der Waals surface area contributed by atoms with Gasteiger partial charge in [-0.25, -0.2) is 0 Å². The summed E-state index contributed by atoms with van der Waals surface area (Å²) in [5.41, 5.74) is 2.49. The standard InChI is InChI=1S/C10H14Br2Cl2/c1-7(6-11)3-4-9(12)8(2)5-10(13)14/h3,5,9-10H,4,6H2,1-2H3. The number of alkyl halides is 4.